The lowest BCUT2D eigenvalue weighted by atomic mass is 10.0. The van der Waals surface area contributed by atoms with Gasteiger partial charge < -0.3 is 26.0 Å². The summed E-state index contributed by atoms with van der Waals surface area (Å²) in [6, 6.07) is 4.96. The first-order valence-electron chi connectivity index (χ1n) is 10.4. The van der Waals surface area contributed by atoms with Crippen molar-refractivity contribution in [2.75, 3.05) is 18.4 Å². The average molecular weight is 471 g/mol. The number of nitrogens with two attached hydrogens (primary N) is 1. The first-order valence-corrected chi connectivity index (χ1v) is 10.4. The first-order chi connectivity index (χ1) is 15.3. The molecular formula is C21H28F3N5O4. The van der Waals surface area contributed by atoms with E-state index in [0.29, 0.717) is 18.7 Å². The molecule has 1 fully saturated rings. The van der Waals surface area contributed by atoms with Crippen LogP contribution in [0.25, 0.3) is 0 Å². The SMILES string of the molecule is CC(C)(C)OC(=O)NCC1CCCCN1C(=O)Nc1ccc(C(N)=NC(=O)C(F)(F)F)cc1. The highest BCUT2D eigenvalue weighted by molar-refractivity contribution is 6.05. The summed E-state index contributed by atoms with van der Waals surface area (Å²) < 4.78 is 42.2. The van der Waals surface area contributed by atoms with Crippen LogP contribution in [0.2, 0.25) is 0 Å². The van der Waals surface area contributed by atoms with Crippen molar-refractivity contribution in [2.24, 2.45) is 10.7 Å². The van der Waals surface area contributed by atoms with Gasteiger partial charge in [-0.05, 0) is 64.3 Å². The molecule has 1 aliphatic heterocycles. The van der Waals surface area contributed by atoms with Gasteiger partial charge in [-0.1, -0.05) is 0 Å². The highest BCUT2D eigenvalue weighted by Crippen LogP contribution is 2.20. The number of alkyl halides is 3. The molecule has 1 aromatic rings. The van der Waals surface area contributed by atoms with Crippen molar-refractivity contribution in [2.45, 2.75) is 57.9 Å². The number of amidine groups is 1. The number of alkyl carbamates (subject to hydrolysis) is 1. The van der Waals surface area contributed by atoms with Gasteiger partial charge in [-0.25, -0.2) is 9.59 Å². The van der Waals surface area contributed by atoms with E-state index in [9.17, 15) is 27.6 Å². The minimum atomic E-state index is -5.11. The molecular weight excluding hydrogens is 443 g/mol. The van der Waals surface area contributed by atoms with E-state index in [0.717, 1.165) is 12.8 Å². The molecule has 12 heteroatoms. The second kappa shape index (κ2) is 10.5. The van der Waals surface area contributed by atoms with Crippen LogP contribution < -0.4 is 16.4 Å². The van der Waals surface area contributed by atoms with E-state index in [-0.39, 0.29) is 24.2 Å². The molecule has 1 aromatic carbocycles. The number of benzene rings is 1. The van der Waals surface area contributed by atoms with Crippen LogP contribution in [0, 0.1) is 0 Å². The molecule has 182 valence electrons. The number of hydrogen-bond donors (Lipinski definition) is 3. The largest absolute Gasteiger partial charge is 0.473 e. The number of anilines is 1. The summed E-state index contributed by atoms with van der Waals surface area (Å²) in [4.78, 5) is 40.1. The Kier molecular flexibility index (Phi) is 8.29. The van der Waals surface area contributed by atoms with Crippen molar-refractivity contribution in [1.82, 2.24) is 10.2 Å². The van der Waals surface area contributed by atoms with Gasteiger partial charge in [0.25, 0.3) is 0 Å². The molecule has 1 unspecified atom stereocenters. The molecule has 0 aromatic heterocycles. The molecule has 4 N–H and O–H groups in total. The maximum Gasteiger partial charge on any atom is 0.473 e. The number of amides is 4. The monoisotopic (exact) mass is 471 g/mol. The zero-order valence-electron chi connectivity index (χ0n) is 18.7. The van der Waals surface area contributed by atoms with E-state index in [1.165, 1.54) is 24.3 Å². The molecule has 33 heavy (non-hydrogen) atoms. The van der Waals surface area contributed by atoms with Crippen LogP contribution in [-0.2, 0) is 9.53 Å². The summed E-state index contributed by atoms with van der Waals surface area (Å²) in [5.41, 5.74) is 5.31. The third-order valence-electron chi connectivity index (χ3n) is 4.67. The summed E-state index contributed by atoms with van der Waals surface area (Å²) in [5, 5.41) is 5.40. The Hall–Kier alpha value is -3.31. The second-order valence-corrected chi connectivity index (χ2v) is 8.53. The van der Waals surface area contributed by atoms with Gasteiger partial charge in [0.1, 0.15) is 11.4 Å². The van der Waals surface area contributed by atoms with E-state index < -0.39 is 29.6 Å². The number of halogens is 3. The summed E-state index contributed by atoms with van der Waals surface area (Å²) in [7, 11) is 0. The van der Waals surface area contributed by atoms with Gasteiger partial charge in [0, 0.05) is 24.3 Å². The van der Waals surface area contributed by atoms with Crippen LogP contribution in [0.3, 0.4) is 0 Å². The number of nitrogens with zero attached hydrogens (tertiary/aromatic N) is 2. The van der Waals surface area contributed by atoms with Crippen molar-refractivity contribution in [3.63, 3.8) is 0 Å². The maximum absolute atomic E-state index is 12.8. The Balaban J connectivity index is 1.99. The van der Waals surface area contributed by atoms with Crippen LogP contribution in [0.1, 0.15) is 45.6 Å². The Bertz CT molecular complexity index is 895. The highest BCUT2D eigenvalue weighted by atomic mass is 19.4. The zero-order valence-corrected chi connectivity index (χ0v) is 18.7. The minimum absolute atomic E-state index is 0.100. The first kappa shape index (κ1) is 25.9. The van der Waals surface area contributed by atoms with E-state index >= 15 is 0 Å². The molecule has 1 atom stereocenters. The second-order valence-electron chi connectivity index (χ2n) is 8.53. The van der Waals surface area contributed by atoms with Gasteiger partial charge in [-0.15, -0.1) is 0 Å². The third kappa shape index (κ3) is 8.28. The summed E-state index contributed by atoms with van der Waals surface area (Å²) in [6.45, 7) is 6.01. The van der Waals surface area contributed by atoms with Gasteiger partial charge in [0.15, 0.2) is 0 Å². The van der Waals surface area contributed by atoms with Gasteiger partial charge in [-0.3, -0.25) is 4.79 Å². The number of rotatable bonds is 4. The van der Waals surface area contributed by atoms with E-state index in [1.54, 1.807) is 25.7 Å². The molecule has 0 spiro atoms. The fourth-order valence-corrected chi connectivity index (χ4v) is 3.15. The fraction of sp³-hybridized carbons (Fsp3) is 0.524. The van der Waals surface area contributed by atoms with E-state index in [4.69, 9.17) is 10.5 Å². The Morgan fingerprint density at radius 2 is 1.79 bits per heavy atom. The van der Waals surface area contributed by atoms with E-state index in [1.807, 2.05) is 0 Å². The number of carbonyl (C=O) groups is 3. The summed E-state index contributed by atoms with van der Waals surface area (Å²) in [6.07, 6.45) is -3.24. The van der Waals surface area contributed by atoms with Gasteiger partial charge in [0.2, 0.25) is 0 Å². The molecule has 1 aliphatic rings. The van der Waals surface area contributed by atoms with Crippen LogP contribution >= 0.6 is 0 Å². The predicted molar refractivity (Wildman–Crippen MR) is 116 cm³/mol. The normalized spacial score (nSPS) is 17.3. The Morgan fingerprint density at radius 3 is 2.36 bits per heavy atom. The van der Waals surface area contributed by atoms with Gasteiger partial charge in [-0.2, -0.15) is 18.2 Å². The third-order valence-corrected chi connectivity index (χ3v) is 4.67. The quantitative estimate of drug-likeness (QED) is 0.458. The Labute approximate surface area is 189 Å². The molecule has 9 nitrogen and oxygen atoms in total. The molecule has 0 saturated carbocycles. The number of piperidine rings is 1. The number of hydrogen-bond acceptors (Lipinski definition) is 4. The number of carbonyl (C=O) groups excluding carboxylic acids is 3. The van der Waals surface area contributed by atoms with Crippen molar-refractivity contribution >= 4 is 29.6 Å². The molecule has 1 heterocycles. The van der Waals surface area contributed by atoms with Crippen LogP contribution in [0.4, 0.5) is 28.4 Å². The van der Waals surface area contributed by atoms with E-state index in [2.05, 4.69) is 15.6 Å². The predicted octanol–water partition coefficient (Wildman–Crippen LogP) is 3.39. The standard InChI is InChI=1S/C21H28F3N5O4/c1-20(2,3)33-19(32)26-12-15-6-4-5-11-29(15)18(31)27-14-9-7-13(8-10-14)16(25)28-17(30)21(22,23)24/h7-10,15H,4-6,11-12H2,1-3H3,(H,26,32)(H,27,31)(H2,25,28,30). The van der Waals surface area contributed by atoms with Gasteiger partial charge >= 0.3 is 24.2 Å². The smallest absolute Gasteiger partial charge is 0.444 e. The molecule has 0 bridgehead atoms. The topological polar surface area (TPSA) is 126 Å². The lowest BCUT2D eigenvalue weighted by Gasteiger charge is -2.36. The zero-order chi connectivity index (χ0) is 24.8. The van der Waals surface area contributed by atoms with Crippen LogP contribution in [0.15, 0.2) is 29.3 Å². The Morgan fingerprint density at radius 1 is 1.15 bits per heavy atom. The molecule has 4 amide bonds. The molecule has 1 saturated heterocycles. The van der Waals surface area contributed by atoms with Crippen molar-refractivity contribution in [3.8, 4) is 0 Å². The maximum atomic E-state index is 12.8. The summed E-state index contributed by atoms with van der Waals surface area (Å²) in [5.74, 6) is -2.88. The molecule has 0 radical (unpaired) electrons. The lowest BCUT2D eigenvalue weighted by Crippen LogP contribution is -2.51. The highest BCUT2D eigenvalue weighted by Gasteiger charge is 2.38. The average Bonchev–Trinajstić information content (AvgIpc) is 2.71. The fourth-order valence-electron chi connectivity index (χ4n) is 3.15. The lowest BCUT2D eigenvalue weighted by molar-refractivity contribution is -0.169. The van der Waals surface area contributed by atoms with Gasteiger partial charge in [0.05, 0.1) is 6.04 Å². The van der Waals surface area contributed by atoms with Crippen LogP contribution in [0.5, 0.6) is 0 Å². The van der Waals surface area contributed by atoms with Crippen LogP contribution in [-0.4, -0.2) is 59.7 Å². The minimum Gasteiger partial charge on any atom is -0.444 e. The molecule has 2 rings (SSSR count). The number of likely N-dealkylation sites (tertiary alicyclic amines) is 1. The van der Waals surface area contributed by atoms with Crippen molar-refractivity contribution < 1.29 is 32.3 Å². The number of urea groups is 1. The molecule has 0 aliphatic carbocycles. The van der Waals surface area contributed by atoms with Crippen molar-refractivity contribution in [1.29, 1.82) is 0 Å². The summed E-state index contributed by atoms with van der Waals surface area (Å²) >= 11 is 0. The number of aliphatic imine (C=N–C) groups is 1. The number of ether oxygens (including phenoxy) is 1. The number of nitrogens with one attached hydrogen (secondary N) is 2. The van der Waals surface area contributed by atoms with Crippen molar-refractivity contribution in [3.05, 3.63) is 29.8 Å².